The normalized spacial score (nSPS) is 16.0. The van der Waals surface area contributed by atoms with Gasteiger partial charge in [-0.15, -0.1) is 0 Å². The molecular formula is C25H36N4OS. The monoisotopic (exact) mass is 440 g/mol. The molecule has 0 aromatic heterocycles. The zero-order chi connectivity index (χ0) is 22.0. The van der Waals surface area contributed by atoms with Crippen molar-refractivity contribution in [1.29, 1.82) is 0 Å². The fourth-order valence-corrected chi connectivity index (χ4v) is 5.62. The van der Waals surface area contributed by atoms with Gasteiger partial charge in [-0.05, 0) is 48.2 Å². The second-order valence-corrected chi connectivity index (χ2v) is 9.69. The fraction of sp³-hybridized carbons (Fsp3) is 0.520. The van der Waals surface area contributed by atoms with Crippen LogP contribution in [0.4, 0.5) is 22.7 Å². The van der Waals surface area contributed by atoms with Gasteiger partial charge in [0.2, 0.25) is 0 Å². The predicted molar refractivity (Wildman–Crippen MR) is 134 cm³/mol. The molecule has 0 spiro atoms. The van der Waals surface area contributed by atoms with Gasteiger partial charge in [0, 0.05) is 75.1 Å². The number of rotatable bonds is 7. The van der Waals surface area contributed by atoms with Gasteiger partial charge in [-0.2, -0.15) is 0 Å². The summed E-state index contributed by atoms with van der Waals surface area (Å²) in [6, 6.07) is 9.44. The Labute approximate surface area is 191 Å². The van der Waals surface area contributed by atoms with E-state index in [1.54, 1.807) is 7.11 Å². The van der Waals surface area contributed by atoms with Gasteiger partial charge in [0.1, 0.15) is 0 Å². The molecule has 2 aromatic carbocycles. The molecule has 2 heterocycles. The Morgan fingerprint density at radius 2 is 1.58 bits per heavy atom. The van der Waals surface area contributed by atoms with E-state index in [4.69, 9.17) is 4.74 Å². The van der Waals surface area contributed by atoms with Gasteiger partial charge in [-0.3, -0.25) is 4.90 Å². The van der Waals surface area contributed by atoms with E-state index < -0.39 is 0 Å². The molecule has 31 heavy (non-hydrogen) atoms. The van der Waals surface area contributed by atoms with Crippen LogP contribution in [0.25, 0.3) is 0 Å². The van der Waals surface area contributed by atoms with Gasteiger partial charge in [0.25, 0.3) is 0 Å². The number of ether oxygens (including phenoxy) is 1. The van der Waals surface area contributed by atoms with Crippen LogP contribution in [-0.2, 0) is 17.6 Å². The Bertz CT molecular complexity index is 922. The average molecular weight is 441 g/mol. The topological polar surface area (TPSA) is 31.0 Å². The van der Waals surface area contributed by atoms with Crippen molar-refractivity contribution < 1.29 is 4.74 Å². The third-order valence-electron chi connectivity index (χ3n) is 6.43. The number of methoxy groups -OCH3 is 1. The van der Waals surface area contributed by atoms with Crippen molar-refractivity contribution in [2.24, 2.45) is 0 Å². The first kappa shape index (κ1) is 22.3. The van der Waals surface area contributed by atoms with Crippen LogP contribution in [0.3, 0.4) is 0 Å². The van der Waals surface area contributed by atoms with E-state index in [9.17, 15) is 0 Å². The van der Waals surface area contributed by atoms with Crippen LogP contribution in [0, 0.1) is 0 Å². The van der Waals surface area contributed by atoms with Crippen molar-refractivity contribution in [3.05, 3.63) is 35.4 Å². The number of hydrogen-bond acceptors (Lipinski definition) is 6. The molecule has 4 rings (SSSR count). The highest BCUT2D eigenvalue weighted by atomic mass is 32.2. The first-order valence-corrected chi connectivity index (χ1v) is 12.3. The Morgan fingerprint density at radius 3 is 2.19 bits per heavy atom. The molecule has 0 unspecified atom stereocenters. The molecule has 0 saturated carbocycles. The Balaban J connectivity index is 1.61. The lowest BCUT2D eigenvalue weighted by Crippen LogP contribution is -2.47. The summed E-state index contributed by atoms with van der Waals surface area (Å²) in [5, 5.41) is 3.83. The van der Waals surface area contributed by atoms with Gasteiger partial charge in [0.15, 0.2) is 0 Å². The number of hydrogen-bond donors (Lipinski definition) is 1. The highest BCUT2D eigenvalue weighted by Crippen LogP contribution is 2.49. The summed E-state index contributed by atoms with van der Waals surface area (Å²) in [4.78, 5) is 9.93. The third-order valence-corrected chi connectivity index (χ3v) is 7.52. The SMILES string of the molecule is CCc1cc(N(C)C)cc2c1Nc1c(CC)cc(N3CCN(CCOC)CC3)cc1S2. The molecule has 0 atom stereocenters. The summed E-state index contributed by atoms with van der Waals surface area (Å²) in [7, 11) is 6.02. The van der Waals surface area contributed by atoms with E-state index in [1.165, 1.54) is 43.7 Å². The average Bonchev–Trinajstić information content (AvgIpc) is 2.80. The molecule has 2 aliphatic rings. The predicted octanol–water partition coefficient (Wildman–Crippen LogP) is 4.85. The number of nitrogens with zero attached hydrogens (tertiary/aromatic N) is 3. The van der Waals surface area contributed by atoms with Gasteiger partial charge >= 0.3 is 0 Å². The lowest BCUT2D eigenvalue weighted by Gasteiger charge is -2.37. The van der Waals surface area contributed by atoms with Crippen molar-refractivity contribution >= 4 is 34.5 Å². The number of piperazine rings is 1. The van der Waals surface area contributed by atoms with Crippen LogP contribution < -0.4 is 15.1 Å². The molecule has 0 aliphatic carbocycles. The second-order valence-electron chi connectivity index (χ2n) is 8.61. The molecule has 0 radical (unpaired) electrons. The van der Waals surface area contributed by atoms with Crippen molar-refractivity contribution in [3.63, 3.8) is 0 Å². The molecule has 6 heteroatoms. The minimum atomic E-state index is 0.815. The molecule has 2 aliphatic heterocycles. The lowest BCUT2D eigenvalue weighted by atomic mass is 10.0. The molecule has 5 nitrogen and oxygen atoms in total. The summed E-state index contributed by atoms with van der Waals surface area (Å²) in [6.45, 7) is 10.7. The highest BCUT2D eigenvalue weighted by Gasteiger charge is 2.24. The van der Waals surface area contributed by atoms with E-state index in [2.05, 4.69) is 72.2 Å². The maximum atomic E-state index is 5.25. The second kappa shape index (κ2) is 9.72. The Morgan fingerprint density at radius 1 is 0.935 bits per heavy atom. The molecule has 1 saturated heterocycles. The van der Waals surface area contributed by atoms with E-state index in [0.29, 0.717) is 0 Å². The van der Waals surface area contributed by atoms with Gasteiger partial charge < -0.3 is 19.9 Å². The van der Waals surface area contributed by atoms with Crippen LogP contribution in [0.1, 0.15) is 25.0 Å². The summed E-state index contributed by atoms with van der Waals surface area (Å²) < 4.78 is 5.25. The summed E-state index contributed by atoms with van der Waals surface area (Å²) in [6.07, 6.45) is 2.06. The molecule has 1 fully saturated rings. The summed E-state index contributed by atoms with van der Waals surface area (Å²) >= 11 is 1.92. The van der Waals surface area contributed by atoms with E-state index >= 15 is 0 Å². The molecular weight excluding hydrogens is 404 g/mol. The minimum absolute atomic E-state index is 0.815. The maximum Gasteiger partial charge on any atom is 0.0589 e. The van der Waals surface area contributed by atoms with Gasteiger partial charge in [-0.25, -0.2) is 0 Å². The van der Waals surface area contributed by atoms with Crippen molar-refractivity contribution in [2.75, 3.05) is 75.7 Å². The summed E-state index contributed by atoms with van der Waals surface area (Å²) in [5.74, 6) is 0. The smallest absolute Gasteiger partial charge is 0.0589 e. The van der Waals surface area contributed by atoms with Crippen molar-refractivity contribution in [1.82, 2.24) is 4.90 Å². The van der Waals surface area contributed by atoms with Gasteiger partial charge in [-0.1, -0.05) is 25.6 Å². The van der Waals surface area contributed by atoms with Crippen LogP contribution in [-0.4, -0.2) is 65.4 Å². The van der Waals surface area contributed by atoms with Crippen molar-refractivity contribution in [3.8, 4) is 0 Å². The molecule has 0 amide bonds. The number of aryl methyl sites for hydroxylation is 2. The highest BCUT2D eigenvalue weighted by molar-refractivity contribution is 7.99. The third kappa shape index (κ3) is 4.66. The van der Waals surface area contributed by atoms with Crippen molar-refractivity contribution in [2.45, 2.75) is 36.5 Å². The zero-order valence-electron chi connectivity index (χ0n) is 19.6. The van der Waals surface area contributed by atoms with Gasteiger partial charge in [0.05, 0.1) is 18.0 Å². The first-order valence-electron chi connectivity index (χ1n) is 11.5. The number of nitrogens with one attached hydrogen (secondary N) is 1. The Kier molecular flexibility index (Phi) is 6.99. The van der Waals surface area contributed by atoms with Crippen LogP contribution in [0.15, 0.2) is 34.1 Å². The van der Waals surface area contributed by atoms with Crippen LogP contribution >= 0.6 is 11.8 Å². The fourth-order valence-electron chi connectivity index (χ4n) is 4.45. The molecule has 168 valence electrons. The lowest BCUT2D eigenvalue weighted by molar-refractivity contribution is 0.144. The summed E-state index contributed by atoms with van der Waals surface area (Å²) in [5.41, 5.74) is 8.02. The van der Waals surface area contributed by atoms with E-state index in [-0.39, 0.29) is 0 Å². The molecule has 2 aromatic rings. The van der Waals surface area contributed by atoms with Crippen LogP contribution in [0.2, 0.25) is 0 Å². The number of fused-ring (bicyclic) bond motifs is 2. The van der Waals surface area contributed by atoms with E-state index in [0.717, 1.165) is 52.2 Å². The largest absolute Gasteiger partial charge is 0.383 e. The minimum Gasteiger partial charge on any atom is -0.383 e. The maximum absolute atomic E-state index is 5.25. The quantitative estimate of drug-likeness (QED) is 0.565. The first-order chi connectivity index (χ1) is 15.0. The molecule has 1 N–H and O–H groups in total. The Hall–Kier alpha value is -1.89. The standard InChI is InChI=1S/C25H36N4OS/c1-6-18-14-20(27(3)4)16-22-24(18)26-25-19(7-2)15-21(17-23(25)31-22)29-10-8-28(9-11-29)12-13-30-5/h14-17,26H,6-13H2,1-5H3. The number of anilines is 4. The van der Waals surface area contributed by atoms with Crippen LogP contribution in [0.5, 0.6) is 0 Å². The molecule has 0 bridgehead atoms. The number of benzene rings is 2. The zero-order valence-corrected chi connectivity index (χ0v) is 20.4. The van der Waals surface area contributed by atoms with E-state index in [1.807, 2.05) is 11.8 Å².